The van der Waals surface area contributed by atoms with Crippen LogP contribution < -0.4 is 5.73 Å². The third kappa shape index (κ3) is 2.10. The molecule has 1 rings (SSSR count). The highest BCUT2D eigenvalue weighted by Gasteiger charge is 2.06. The van der Waals surface area contributed by atoms with Crippen molar-refractivity contribution in [3.63, 3.8) is 0 Å². The van der Waals surface area contributed by atoms with Crippen LogP contribution in [0.2, 0.25) is 0 Å². The number of nitrogens with two attached hydrogens (primary N) is 1. The van der Waals surface area contributed by atoms with Crippen LogP contribution in [-0.4, -0.2) is 0 Å². The Morgan fingerprint density at radius 3 is 2.92 bits per heavy atom. The molecule has 1 heterocycles. The Morgan fingerprint density at radius 2 is 2.42 bits per heavy atom. The summed E-state index contributed by atoms with van der Waals surface area (Å²) in [6.07, 6.45) is 6.89. The van der Waals surface area contributed by atoms with Crippen LogP contribution in [0.15, 0.2) is 12.1 Å². The van der Waals surface area contributed by atoms with Gasteiger partial charge in [0.15, 0.2) is 0 Å². The molecular weight excluding hydrogens is 166 g/mol. The van der Waals surface area contributed by atoms with E-state index < -0.39 is 0 Å². The van der Waals surface area contributed by atoms with Crippen LogP contribution in [0.25, 0.3) is 0 Å². The van der Waals surface area contributed by atoms with Crippen molar-refractivity contribution in [3.8, 4) is 12.3 Å². The van der Waals surface area contributed by atoms with Crippen LogP contribution in [0.3, 0.4) is 0 Å². The molecule has 0 bridgehead atoms. The van der Waals surface area contributed by atoms with Crippen molar-refractivity contribution in [2.45, 2.75) is 25.8 Å². The molecule has 0 amide bonds. The summed E-state index contributed by atoms with van der Waals surface area (Å²) in [5.74, 6) is 2.57. The van der Waals surface area contributed by atoms with E-state index in [1.54, 1.807) is 11.3 Å². The van der Waals surface area contributed by atoms with E-state index in [1.165, 1.54) is 9.75 Å². The fraction of sp³-hybridized carbons (Fsp3) is 0.400. The van der Waals surface area contributed by atoms with Crippen molar-refractivity contribution >= 4 is 11.3 Å². The van der Waals surface area contributed by atoms with Crippen molar-refractivity contribution in [3.05, 3.63) is 21.9 Å². The Morgan fingerprint density at radius 1 is 1.67 bits per heavy atom. The number of aryl methyl sites for hydroxylation is 1. The molecule has 0 aliphatic carbocycles. The van der Waals surface area contributed by atoms with Crippen LogP contribution >= 0.6 is 11.3 Å². The molecule has 64 valence electrons. The van der Waals surface area contributed by atoms with Gasteiger partial charge in [-0.3, -0.25) is 0 Å². The molecule has 2 heteroatoms. The van der Waals surface area contributed by atoms with Crippen LogP contribution in [0.4, 0.5) is 0 Å². The SMILES string of the molecule is C#CCC(N)c1ccc(CC)s1. The molecule has 0 aliphatic rings. The molecule has 1 nitrogen and oxygen atoms in total. The highest BCUT2D eigenvalue weighted by atomic mass is 32.1. The largest absolute Gasteiger partial charge is 0.322 e. The summed E-state index contributed by atoms with van der Waals surface area (Å²) < 4.78 is 0. The van der Waals surface area contributed by atoms with Gasteiger partial charge in [0, 0.05) is 16.2 Å². The van der Waals surface area contributed by atoms with Crippen LogP contribution in [0.1, 0.15) is 29.1 Å². The van der Waals surface area contributed by atoms with E-state index in [0.29, 0.717) is 6.42 Å². The van der Waals surface area contributed by atoms with Crippen LogP contribution in [0, 0.1) is 12.3 Å². The van der Waals surface area contributed by atoms with Gasteiger partial charge < -0.3 is 5.73 Å². The van der Waals surface area contributed by atoms with Gasteiger partial charge in [-0.1, -0.05) is 6.92 Å². The summed E-state index contributed by atoms with van der Waals surface area (Å²) in [7, 11) is 0. The number of thiophene rings is 1. The molecule has 1 aromatic heterocycles. The first-order chi connectivity index (χ1) is 5.77. The first kappa shape index (κ1) is 9.31. The maximum atomic E-state index is 5.84. The Labute approximate surface area is 77.6 Å². The second kappa shape index (κ2) is 4.30. The van der Waals surface area contributed by atoms with Gasteiger partial charge in [0.25, 0.3) is 0 Å². The van der Waals surface area contributed by atoms with Crippen molar-refractivity contribution in [2.75, 3.05) is 0 Å². The van der Waals surface area contributed by atoms with Crippen molar-refractivity contribution < 1.29 is 0 Å². The second-order valence-electron chi connectivity index (χ2n) is 2.67. The first-order valence-electron chi connectivity index (χ1n) is 4.05. The predicted octanol–water partition coefficient (Wildman–Crippen LogP) is 2.33. The fourth-order valence-electron chi connectivity index (χ4n) is 1.01. The third-order valence-corrected chi connectivity index (χ3v) is 3.10. The summed E-state index contributed by atoms with van der Waals surface area (Å²) in [5.41, 5.74) is 5.84. The molecular formula is C10H13NS. The Hall–Kier alpha value is -0.780. The maximum Gasteiger partial charge on any atom is 0.0500 e. The summed E-state index contributed by atoms with van der Waals surface area (Å²) >= 11 is 1.76. The standard InChI is InChI=1S/C10H13NS/c1-3-5-9(11)10-7-6-8(4-2)12-10/h1,6-7,9H,4-5,11H2,2H3. The van der Waals surface area contributed by atoms with Gasteiger partial charge in [-0.25, -0.2) is 0 Å². The van der Waals surface area contributed by atoms with Gasteiger partial charge in [0.2, 0.25) is 0 Å². The zero-order valence-electron chi connectivity index (χ0n) is 7.21. The van der Waals surface area contributed by atoms with Gasteiger partial charge in [-0.15, -0.1) is 23.7 Å². The third-order valence-electron chi connectivity index (χ3n) is 1.73. The minimum absolute atomic E-state index is 0.0281. The van der Waals surface area contributed by atoms with Gasteiger partial charge in [0.1, 0.15) is 0 Å². The Balaban J connectivity index is 2.69. The van der Waals surface area contributed by atoms with Gasteiger partial charge >= 0.3 is 0 Å². The van der Waals surface area contributed by atoms with E-state index in [1.807, 2.05) is 0 Å². The summed E-state index contributed by atoms with van der Waals surface area (Å²) in [6.45, 7) is 2.14. The summed E-state index contributed by atoms with van der Waals surface area (Å²) in [5, 5.41) is 0. The fourth-order valence-corrected chi connectivity index (χ4v) is 1.97. The lowest BCUT2D eigenvalue weighted by atomic mass is 10.2. The lowest BCUT2D eigenvalue weighted by Gasteiger charge is -2.02. The van der Waals surface area contributed by atoms with Crippen molar-refractivity contribution in [2.24, 2.45) is 5.73 Å². The van der Waals surface area contributed by atoms with E-state index in [9.17, 15) is 0 Å². The van der Waals surface area contributed by atoms with Gasteiger partial charge in [-0.05, 0) is 18.6 Å². The monoisotopic (exact) mass is 179 g/mol. The van der Waals surface area contributed by atoms with Crippen LogP contribution in [-0.2, 0) is 6.42 Å². The molecule has 0 aliphatic heterocycles. The molecule has 0 radical (unpaired) electrons. The number of hydrogen-bond donors (Lipinski definition) is 1. The lowest BCUT2D eigenvalue weighted by molar-refractivity contribution is 0.771. The van der Waals surface area contributed by atoms with Gasteiger partial charge in [0.05, 0.1) is 6.04 Å². The highest BCUT2D eigenvalue weighted by Crippen LogP contribution is 2.23. The van der Waals surface area contributed by atoms with E-state index in [2.05, 4.69) is 25.0 Å². The quantitative estimate of drug-likeness (QED) is 0.708. The van der Waals surface area contributed by atoms with Crippen molar-refractivity contribution in [1.82, 2.24) is 0 Å². The number of rotatable bonds is 3. The smallest absolute Gasteiger partial charge is 0.0500 e. The number of hydrogen-bond acceptors (Lipinski definition) is 2. The molecule has 0 saturated heterocycles. The Kier molecular flexibility index (Phi) is 3.33. The van der Waals surface area contributed by atoms with Crippen molar-refractivity contribution in [1.29, 1.82) is 0 Å². The van der Waals surface area contributed by atoms with E-state index in [0.717, 1.165) is 6.42 Å². The zero-order valence-corrected chi connectivity index (χ0v) is 8.03. The lowest BCUT2D eigenvalue weighted by Crippen LogP contribution is -2.06. The molecule has 1 unspecified atom stereocenters. The van der Waals surface area contributed by atoms with E-state index >= 15 is 0 Å². The number of terminal acetylenes is 1. The molecule has 0 spiro atoms. The highest BCUT2D eigenvalue weighted by molar-refractivity contribution is 7.12. The molecule has 0 aromatic carbocycles. The molecule has 12 heavy (non-hydrogen) atoms. The van der Waals surface area contributed by atoms with E-state index in [-0.39, 0.29) is 6.04 Å². The minimum atomic E-state index is 0.0281. The first-order valence-corrected chi connectivity index (χ1v) is 4.87. The predicted molar refractivity (Wildman–Crippen MR) is 54.1 cm³/mol. The maximum absolute atomic E-state index is 5.84. The topological polar surface area (TPSA) is 26.0 Å². The molecule has 0 fully saturated rings. The average Bonchev–Trinajstić information content (AvgIpc) is 2.52. The summed E-state index contributed by atoms with van der Waals surface area (Å²) in [6, 6.07) is 4.22. The molecule has 2 N–H and O–H groups in total. The van der Waals surface area contributed by atoms with Crippen LogP contribution in [0.5, 0.6) is 0 Å². The summed E-state index contributed by atoms with van der Waals surface area (Å²) in [4.78, 5) is 2.57. The average molecular weight is 179 g/mol. The van der Waals surface area contributed by atoms with Gasteiger partial charge in [-0.2, -0.15) is 0 Å². The molecule has 0 saturated carbocycles. The minimum Gasteiger partial charge on any atom is -0.322 e. The molecule has 1 aromatic rings. The normalized spacial score (nSPS) is 12.4. The molecule has 1 atom stereocenters. The second-order valence-corrected chi connectivity index (χ2v) is 3.87. The zero-order chi connectivity index (χ0) is 8.97. The Bertz CT molecular complexity index is 282. The van der Waals surface area contributed by atoms with E-state index in [4.69, 9.17) is 12.2 Å².